The van der Waals surface area contributed by atoms with Gasteiger partial charge in [-0.25, -0.2) is 0 Å². The molecule has 1 heterocycles. The van der Waals surface area contributed by atoms with Crippen LogP contribution < -0.4 is 5.32 Å². The predicted octanol–water partition coefficient (Wildman–Crippen LogP) is 3.34. The SMILES string of the molecule is CCNCc1ccc(CN(CC)CC(C)C)s1. The van der Waals surface area contributed by atoms with Gasteiger partial charge in [0.25, 0.3) is 0 Å². The third-order valence-corrected chi connectivity index (χ3v) is 3.79. The molecule has 1 aromatic heterocycles. The van der Waals surface area contributed by atoms with E-state index in [4.69, 9.17) is 0 Å². The standard InChI is InChI=1S/C14H26N2S/c1-5-15-9-13-7-8-14(17-13)11-16(6-2)10-12(3)4/h7-8,12,15H,5-6,9-11H2,1-4H3. The van der Waals surface area contributed by atoms with Gasteiger partial charge in [0.2, 0.25) is 0 Å². The summed E-state index contributed by atoms with van der Waals surface area (Å²) >= 11 is 1.94. The zero-order valence-corrected chi connectivity index (χ0v) is 12.4. The van der Waals surface area contributed by atoms with E-state index in [0.717, 1.165) is 32.1 Å². The first kappa shape index (κ1) is 14.7. The summed E-state index contributed by atoms with van der Waals surface area (Å²) in [7, 11) is 0. The topological polar surface area (TPSA) is 15.3 Å². The normalized spacial score (nSPS) is 11.6. The zero-order valence-electron chi connectivity index (χ0n) is 11.6. The van der Waals surface area contributed by atoms with Crippen LogP contribution in [0.15, 0.2) is 12.1 Å². The lowest BCUT2D eigenvalue weighted by atomic mass is 10.2. The summed E-state index contributed by atoms with van der Waals surface area (Å²) in [6, 6.07) is 4.53. The highest BCUT2D eigenvalue weighted by Gasteiger charge is 2.07. The van der Waals surface area contributed by atoms with Crippen LogP contribution in [0.25, 0.3) is 0 Å². The fourth-order valence-electron chi connectivity index (χ4n) is 1.89. The van der Waals surface area contributed by atoms with Crippen molar-refractivity contribution in [2.24, 2.45) is 5.92 Å². The molecule has 0 unspecified atom stereocenters. The second-order valence-corrected chi connectivity index (χ2v) is 6.12. The second-order valence-electron chi connectivity index (χ2n) is 4.87. The van der Waals surface area contributed by atoms with E-state index in [1.807, 2.05) is 11.3 Å². The molecule has 0 aromatic carbocycles. The Kier molecular flexibility index (Phi) is 6.78. The van der Waals surface area contributed by atoms with Gasteiger partial charge < -0.3 is 5.32 Å². The van der Waals surface area contributed by atoms with E-state index in [0.29, 0.717) is 0 Å². The van der Waals surface area contributed by atoms with Gasteiger partial charge in [0.15, 0.2) is 0 Å². The van der Waals surface area contributed by atoms with Crippen LogP contribution in [0.3, 0.4) is 0 Å². The average molecular weight is 254 g/mol. The maximum atomic E-state index is 3.37. The zero-order chi connectivity index (χ0) is 12.7. The van der Waals surface area contributed by atoms with Crippen LogP contribution in [0.5, 0.6) is 0 Å². The van der Waals surface area contributed by atoms with Gasteiger partial charge in [-0.2, -0.15) is 0 Å². The summed E-state index contributed by atoms with van der Waals surface area (Å²) in [5.74, 6) is 0.746. The molecule has 1 rings (SSSR count). The summed E-state index contributed by atoms with van der Waals surface area (Å²) < 4.78 is 0. The molecular formula is C14H26N2S. The van der Waals surface area contributed by atoms with Gasteiger partial charge in [-0.3, -0.25) is 4.90 Å². The van der Waals surface area contributed by atoms with Crippen molar-refractivity contribution < 1.29 is 0 Å². The maximum absolute atomic E-state index is 3.37. The molecule has 0 atom stereocenters. The monoisotopic (exact) mass is 254 g/mol. The van der Waals surface area contributed by atoms with Crippen LogP contribution in [0, 0.1) is 5.92 Å². The van der Waals surface area contributed by atoms with Crippen molar-refractivity contribution in [1.29, 1.82) is 0 Å². The molecule has 3 heteroatoms. The van der Waals surface area contributed by atoms with Crippen LogP contribution in [-0.2, 0) is 13.1 Å². The lowest BCUT2D eigenvalue weighted by Gasteiger charge is -2.21. The van der Waals surface area contributed by atoms with Gasteiger partial charge in [-0.1, -0.05) is 27.7 Å². The van der Waals surface area contributed by atoms with Gasteiger partial charge in [-0.05, 0) is 31.1 Å². The number of nitrogens with one attached hydrogen (secondary N) is 1. The molecule has 0 bridgehead atoms. The largest absolute Gasteiger partial charge is 0.312 e. The second kappa shape index (κ2) is 7.85. The first-order valence-corrected chi connectivity index (χ1v) is 7.48. The first-order valence-electron chi connectivity index (χ1n) is 6.66. The molecule has 0 spiro atoms. The highest BCUT2D eigenvalue weighted by molar-refractivity contribution is 7.11. The molecular weight excluding hydrogens is 228 g/mol. The number of thiophene rings is 1. The predicted molar refractivity (Wildman–Crippen MR) is 77.5 cm³/mol. The van der Waals surface area contributed by atoms with E-state index in [-0.39, 0.29) is 0 Å². The molecule has 0 saturated heterocycles. The summed E-state index contributed by atoms with van der Waals surface area (Å²) in [5, 5.41) is 3.37. The average Bonchev–Trinajstić information content (AvgIpc) is 2.72. The molecule has 0 radical (unpaired) electrons. The number of nitrogens with zero attached hydrogens (tertiary/aromatic N) is 1. The fraction of sp³-hybridized carbons (Fsp3) is 0.714. The quantitative estimate of drug-likeness (QED) is 0.765. The van der Waals surface area contributed by atoms with Crippen molar-refractivity contribution in [1.82, 2.24) is 10.2 Å². The molecule has 0 amide bonds. The van der Waals surface area contributed by atoms with Crippen LogP contribution in [0.1, 0.15) is 37.4 Å². The van der Waals surface area contributed by atoms with Crippen LogP contribution >= 0.6 is 11.3 Å². The van der Waals surface area contributed by atoms with E-state index in [2.05, 4.69) is 50.0 Å². The molecule has 0 fully saturated rings. The molecule has 98 valence electrons. The smallest absolute Gasteiger partial charge is 0.0328 e. The van der Waals surface area contributed by atoms with Crippen molar-refractivity contribution in [3.63, 3.8) is 0 Å². The lowest BCUT2D eigenvalue weighted by Crippen LogP contribution is -2.26. The van der Waals surface area contributed by atoms with Gasteiger partial charge in [-0.15, -0.1) is 11.3 Å². The Balaban J connectivity index is 2.46. The van der Waals surface area contributed by atoms with Gasteiger partial charge >= 0.3 is 0 Å². The van der Waals surface area contributed by atoms with E-state index >= 15 is 0 Å². The summed E-state index contributed by atoms with van der Waals surface area (Å²) in [6.07, 6.45) is 0. The Morgan fingerprint density at radius 2 is 1.94 bits per heavy atom. The summed E-state index contributed by atoms with van der Waals surface area (Å²) in [5.41, 5.74) is 0. The lowest BCUT2D eigenvalue weighted by molar-refractivity contribution is 0.250. The Morgan fingerprint density at radius 3 is 2.53 bits per heavy atom. The Morgan fingerprint density at radius 1 is 1.24 bits per heavy atom. The highest BCUT2D eigenvalue weighted by atomic mass is 32.1. The molecule has 1 N–H and O–H groups in total. The molecule has 17 heavy (non-hydrogen) atoms. The van der Waals surface area contributed by atoms with Gasteiger partial charge in [0, 0.05) is 29.4 Å². The van der Waals surface area contributed by atoms with Crippen LogP contribution in [0.2, 0.25) is 0 Å². The van der Waals surface area contributed by atoms with E-state index in [1.165, 1.54) is 16.3 Å². The molecule has 1 aromatic rings. The summed E-state index contributed by atoms with van der Waals surface area (Å²) in [6.45, 7) is 14.5. The van der Waals surface area contributed by atoms with Crippen molar-refractivity contribution in [3.05, 3.63) is 21.9 Å². The minimum atomic E-state index is 0.746. The highest BCUT2D eigenvalue weighted by Crippen LogP contribution is 2.18. The molecule has 0 saturated carbocycles. The minimum Gasteiger partial charge on any atom is -0.312 e. The van der Waals surface area contributed by atoms with E-state index < -0.39 is 0 Å². The maximum Gasteiger partial charge on any atom is 0.0328 e. The molecule has 0 aliphatic rings. The number of rotatable bonds is 8. The summed E-state index contributed by atoms with van der Waals surface area (Å²) in [4.78, 5) is 5.45. The van der Waals surface area contributed by atoms with Crippen molar-refractivity contribution in [2.75, 3.05) is 19.6 Å². The third-order valence-electron chi connectivity index (χ3n) is 2.72. The first-order chi connectivity index (χ1) is 8.15. The van der Waals surface area contributed by atoms with Crippen molar-refractivity contribution >= 4 is 11.3 Å². The van der Waals surface area contributed by atoms with Gasteiger partial charge in [0.1, 0.15) is 0 Å². The Bertz CT molecular complexity index is 307. The number of hydrogen-bond donors (Lipinski definition) is 1. The fourth-order valence-corrected chi connectivity index (χ4v) is 2.92. The van der Waals surface area contributed by atoms with Crippen molar-refractivity contribution in [2.45, 2.75) is 40.8 Å². The molecule has 0 aliphatic carbocycles. The minimum absolute atomic E-state index is 0.746. The molecule has 2 nitrogen and oxygen atoms in total. The van der Waals surface area contributed by atoms with Gasteiger partial charge in [0.05, 0.1) is 0 Å². The Labute approximate surface area is 110 Å². The number of hydrogen-bond acceptors (Lipinski definition) is 3. The molecule has 0 aliphatic heterocycles. The van der Waals surface area contributed by atoms with Crippen molar-refractivity contribution in [3.8, 4) is 0 Å². The van der Waals surface area contributed by atoms with Crippen LogP contribution in [0.4, 0.5) is 0 Å². The Hall–Kier alpha value is -0.380. The van der Waals surface area contributed by atoms with Crippen LogP contribution in [-0.4, -0.2) is 24.5 Å². The third kappa shape index (κ3) is 5.66. The van der Waals surface area contributed by atoms with E-state index in [9.17, 15) is 0 Å². The van der Waals surface area contributed by atoms with E-state index in [1.54, 1.807) is 0 Å².